The third-order valence-corrected chi connectivity index (χ3v) is 4.55. The number of carbonyl (C=O) groups is 1. The Bertz CT molecular complexity index is 750. The minimum absolute atomic E-state index is 0.128. The first-order chi connectivity index (χ1) is 10.5. The number of carbonyl (C=O) groups excluding carboxylic acids is 1. The molecule has 22 heavy (non-hydrogen) atoms. The van der Waals surface area contributed by atoms with Crippen molar-refractivity contribution in [2.24, 2.45) is 0 Å². The van der Waals surface area contributed by atoms with Gasteiger partial charge in [-0.3, -0.25) is 4.79 Å². The van der Waals surface area contributed by atoms with Gasteiger partial charge in [0.25, 0.3) is 5.91 Å². The maximum atomic E-state index is 12.5. The average molecular weight is 317 g/mol. The number of nitrogens with two attached hydrogens (primary N) is 1. The lowest BCUT2D eigenvalue weighted by molar-refractivity contribution is 0.0816. The number of thiophene rings is 1. The minimum Gasteiger partial charge on any atom is -0.397 e. The van der Waals surface area contributed by atoms with Crippen LogP contribution in [0.15, 0.2) is 12.2 Å². The molecule has 6 nitrogen and oxygen atoms in total. The number of aryl methyl sites for hydroxylation is 2. The molecule has 2 rings (SSSR count). The summed E-state index contributed by atoms with van der Waals surface area (Å²) in [5.74, 6) is -0.128. The normalized spacial score (nSPS) is 11.2. The third-order valence-electron chi connectivity index (χ3n) is 3.48. The van der Waals surface area contributed by atoms with Gasteiger partial charge in [0, 0.05) is 25.4 Å². The van der Waals surface area contributed by atoms with Gasteiger partial charge in [-0.15, -0.1) is 16.4 Å². The monoisotopic (exact) mass is 317 g/mol. The summed E-state index contributed by atoms with van der Waals surface area (Å²) in [4.78, 5) is 15.3. The van der Waals surface area contributed by atoms with E-state index in [0.717, 1.165) is 16.6 Å². The molecule has 0 atom stereocenters. The molecular formula is C15H19N5OS. The Morgan fingerprint density at radius 1 is 1.36 bits per heavy atom. The van der Waals surface area contributed by atoms with Gasteiger partial charge < -0.3 is 16.0 Å². The first kappa shape index (κ1) is 16.1. The molecule has 0 radical (unpaired) electrons. The van der Waals surface area contributed by atoms with Crippen LogP contribution < -0.4 is 5.73 Å². The second-order valence-corrected chi connectivity index (χ2v) is 6.03. The van der Waals surface area contributed by atoms with Crippen molar-refractivity contribution in [3.05, 3.63) is 28.3 Å². The van der Waals surface area contributed by atoms with Crippen LogP contribution in [0, 0.1) is 19.3 Å². The fourth-order valence-corrected chi connectivity index (χ4v) is 3.15. The highest BCUT2D eigenvalue weighted by molar-refractivity contribution is 7.21. The first-order valence-electron chi connectivity index (χ1n) is 6.88. The van der Waals surface area contributed by atoms with Crippen molar-refractivity contribution in [3.63, 3.8) is 0 Å². The average Bonchev–Trinajstić information content (AvgIpc) is 2.84. The van der Waals surface area contributed by atoms with Crippen molar-refractivity contribution >= 4 is 39.4 Å². The summed E-state index contributed by atoms with van der Waals surface area (Å²) in [6.07, 6.45) is 5.60. The molecule has 2 heterocycles. The van der Waals surface area contributed by atoms with Crippen LogP contribution >= 0.6 is 11.3 Å². The van der Waals surface area contributed by atoms with Crippen molar-refractivity contribution in [2.75, 3.05) is 19.3 Å². The summed E-state index contributed by atoms with van der Waals surface area (Å²) in [6.45, 7) is 4.29. The second kappa shape index (κ2) is 6.65. The van der Waals surface area contributed by atoms with Gasteiger partial charge in [0.1, 0.15) is 9.71 Å². The first-order valence-corrected chi connectivity index (χ1v) is 7.70. The Labute approximate surface area is 133 Å². The van der Waals surface area contributed by atoms with E-state index in [9.17, 15) is 4.79 Å². The fourth-order valence-electron chi connectivity index (χ4n) is 2.05. The summed E-state index contributed by atoms with van der Waals surface area (Å²) in [7, 11) is 1.73. The number of nitrogens with one attached hydrogen (secondary N) is 1. The zero-order valence-electron chi connectivity index (χ0n) is 12.9. The van der Waals surface area contributed by atoms with Crippen molar-refractivity contribution in [2.45, 2.75) is 20.3 Å². The third kappa shape index (κ3) is 2.99. The number of fused-ring (bicyclic) bond motifs is 1. The summed E-state index contributed by atoms with van der Waals surface area (Å²) in [6, 6.07) is 0. The lowest BCUT2D eigenvalue weighted by Gasteiger charge is -2.14. The smallest absolute Gasteiger partial charge is 0.266 e. The number of aromatic nitrogens is 2. The molecule has 0 fully saturated rings. The molecule has 116 valence electrons. The predicted octanol–water partition coefficient (Wildman–Crippen LogP) is 2.56. The molecule has 0 saturated carbocycles. The van der Waals surface area contributed by atoms with E-state index in [4.69, 9.17) is 11.1 Å². The predicted molar refractivity (Wildman–Crippen MR) is 90.8 cm³/mol. The number of anilines is 1. The fraction of sp³-hybridized carbons (Fsp3) is 0.333. The van der Waals surface area contributed by atoms with Gasteiger partial charge in [-0.1, -0.05) is 12.2 Å². The molecule has 0 saturated heterocycles. The Balaban J connectivity index is 2.30. The van der Waals surface area contributed by atoms with E-state index in [-0.39, 0.29) is 5.91 Å². The van der Waals surface area contributed by atoms with Crippen LogP contribution in [0.3, 0.4) is 0 Å². The Morgan fingerprint density at radius 2 is 2.09 bits per heavy atom. The van der Waals surface area contributed by atoms with Crippen LogP contribution in [0.25, 0.3) is 10.2 Å². The highest BCUT2D eigenvalue weighted by atomic mass is 32.1. The van der Waals surface area contributed by atoms with Crippen molar-refractivity contribution in [1.82, 2.24) is 15.1 Å². The number of nitrogen functional groups attached to an aromatic ring is 1. The number of allylic oxidation sites excluding steroid dienone is 1. The van der Waals surface area contributed by atoms with E-state index >= 15 is 0 Å². The van der Waals surface area contributed by atoms with Gasteiger partial charge in [-0.2, -0.15) is 5.10 Å². The van der Waals surface area contributed by atoms with Crippen LogP contribution in [0.1, 0.15) is 27.3 Å². The largest absolute Gasteiger partial charge is 0.397 e. The van der Waals surface area contributed by atoms with Gasteiger partial charge >= 0.3 is 0 Å². The molecule has 7 heteroatoms. The molecule has 0 aliphatic heterocycles. The van der Waals surface area contributed by atoms with E-state index < -0.39 is 0 Å². The van der Waals surface area contributed by atoms with Gasteiger partial charge in [0.05, 0.1) is 11.4 Å². The Morgan fingerprint density at radius 3 is 2.77 bits per heavy atom. The molecule has 3 N–H and O–H groups in total. The van der Waals surface area contributed by atoms with Gasteiger partial charge in [-0.25, -0.2) is 0 Å². The van der Waals surface area contributed by atoms with E-state index in [1.54, 1.807) is 11.9 Å². The molecule has 0 aliphatic carbocycles. The molecule has 0 unspecified atom stereocenters. The topological polar surface area (TPSA) is 96.0 Å². The molecule has 0 aliphatic rings. The highest BCUT2D eigenvalue weighted by Crippen LogP contribution is 2.35. The van der Waals surface area contributed by atoms with E-state index in [0.29, 0.717) is 28.4 Å². The summed E-state index contributed by atoms with van der Waals surface area (Å²) >= 11 is 1.28. The maximum absolute atomic E-state index is 12.5. The second-order valence-electron chi connectivity index (χ2n) is 5.03. The summed E-state index contributed by atoms with van der Waals surface area (Å²) < 4.78 is 0. The van der Waals surface area contributed by atoms with Gasteiger partial charge in [0.2, 0.25) is 0 Å². The SMILES string of the molecule is Cc1nnc2sc(C(=O)N(C)C/C=C\CC=N)c(N)c2c1C. The van der Waals surface area contributed by atoms with E-state index in [2.05, 4.69) is 10.2 Å². The molecule has 2 aromatic heterocycles. The number of nitrogens with zero attached hydrogens (tertiary/aromatic N) is 3. The number of amides is 1. The standard InChI is InChI=1S/C15H19N5OS/c1-9-10(2)18-19-14-11(9)12(17)13(22-14)15(21)20(3)8-6-4-5-7-16/h4,6-7,16H,5,8,17H2,1-3H3/b6-4-,16-7?. The maximum Gasteiger partial charge on any atom is 0.266 e. The zero-order valence-corrected chi connectivity index (χ0v) is 13.7. The van der Waals surface area contributed by atoms with Crippen LogP contribution in [0.4, 0.5) is 5.69 Å². The number of hydrogen-bond acceptors (Lipinski definition) is 6. The van der Waals surface area contributed by atoms with Crippen LogP contribution in [-0.4, -0.2) is 40.8 Å². The van der Waals surface area contributed by atoms with E-state index in [1.807, 2.05) is 26.0 Å². The molecule has 0 spiro atoms. The number of likely N-dealkylation sites (N-methyl/N-ethyl adjacent to an activating group) is 1. The van der Waals surface area contributed by atoms with Crippen molar-refractivity contribution in [3.8, 4) is 0 Å². The van der Waals surface area contributed by atoms with E-state index in [1.165, 1.54) is 17.6 Å². The molecule has 0 bridgehead atoms. The lowest BCUT2D eigenvalue weighted by Crippen LogP contribution is -2.26. The highest BCUT2D eigenvalue weighted by Gasteiger charge is 2.21. The zero-order chi connectivity index (χ0) is 16.3. The minimum atomic E-state index is -0.128. The lowest BCUT2D eigenvalue weighted by atomic mass is 10.1. The Hall–Kier alpha value is -2.28. The molecule has 2 aromatic rings. The summed E-state index contributed by atoms with van der Waals surface area (Å²) in [5.41, 5.74) is 8.44. The van der Waals surface area contributed by atoms with Crippen LogP contribution in [0.5, 0.6) is 0 Å². The van der Waals surface area contributed by atoms with Crippen LogP contribution in [0.2, 0.25) is 0 Å². The molecule has 1 amide bonds. The number of hydrogen-bond donors (Lipinski definition) is 2. The molecule has 0 aromatic carbocycles. The Kier molecular flexibility index (Phi) is 4.87. The van der Waals surface area contributed by atoms with Gasteiger partial charge in [-0.05, 0) is 25.6 Å². The van der Waals surface area contributed by atoms with Gasteiger partial charge in [0.15, 0.2) is 0 Å². The quantitative estimate of drug-likeness (QED) is 0.654. The van der Waals surface area contributed by atoms with Crippen molar-refractivity contribution in [1.29, 1.82) is 5.41 Å². The summed E-state index contributed by atoms with van der Waals surface area (Å²) in [5, 5.41) is 16.0. The number of rotatable bonds is 5. The van der Waals surface area contributed by atoms with Crippen LogP contribution in [-0.2, 0) is 0 Å². The van der Waals surface area contributed by atoms with Crippen molar-refractivity contribution < 1.29 is 4.79 Å². The molecular weight excluding hydrogens is 298 g/mol.